The Hall–Kier alpha value is -2.43. The minimum atomic E-state index is -0.433. The molecule has 156 valence electrons. The van der Waals surface area contributed by atoms with Gasteiger partial charge in [-0.1, -0.05) is 24.3 Å². The molecule has 1 aromatic carbocycles. The molecule has 5 heteroatoms. The first-order valence-electron chi connectivity index (χ1n) is 11.2. The van der Waals surface area contributed by atoms with Crippen LogP contribution in [0.1, 0.15) is 57.6 Å². The fourth-order valence-electron chi connectivity index (χ4n) is 7.67. The number of pyridine rings is 1. The molecule has 4 bridgehead atoms. The number of hydrogen-bond donors (Lipinski definition) is 0. The minimum absolute atomic E-state index is 0.0362. The van der Waals surface area contributed by atoms with Gasteiger partial charge in [0.1, 0.15) is 5.60 Å². The Morgan fingerprint density at radius 1 is 1.10 bits per heavy atom. The maximum atomic E-state index is 13.4. The van der Waals surface area contributed by atoms with Crippen molar-refractivity contribution >= 4 is 23.3 Å². The van der Waals surface area contributed by atoms with Crippen molar-refractivity contribution in [3.8, 4) is 0 Å². The number of rotatable bonds is 4. The number of hydrogen-bond acceptors (Lipinski definition) is 4. The molecule has 3 atom stereocenters. The molecule has 3 unspecified atom stereocenters. The van der Waals surface area contributed by atoms with E-state index in [9.17, 15) is 9.59 Å². The number of ether oxygens (including phenoxy) is 1. The van der Waals surface area contributed by atoms with Gasteiger partial charge in [0.15, 0.2) is 0 Å². The summed E-state index contributed by atoms with van der Waals surface area (Å²) in [6.07, 6.45) is 6.93. The number of nitrogens with zero attached hydrogens (tertiary/aromatic N) is 2. The largest absolute Gasteiger partial charge is 0.461 e. The molecule has 1 saturated heterocycles. The van der Waals surface area contributed by atoms with Gasteiger partial charge < -0.3 is 9.64 Å². The maximum Gasteiger partial charge on any atom is 0.293 e. The fraction of sp³-hybridized carbons (Fsp3) is 0.560. The van der Waals surface area contributed by atoms with Gasteiger partial charge >= 0.3 is 0 Å². The van der Waals surface area contributed by atoms with E-state index in [2.05, 4.69) is 48.0 Å². The maximum absolute atomic E-state index is 13.4. The normalized spacial score (nSPS) is 38.5. The Morgan fingerprint density at radius 3 is 2.57 bits per heavy atom. The molecule has 4 aliphatic carbocycles. The SMILES string of the molecule is CC1(C)C(=O)N(C2C3CC4CC2CC(OC=O)(C4)C3)C1c1cccc2cccnc12. The average Bonchev–Trinajstić information content (AvgIpc) is 2.71. The molecule has 0 spiro atoms. The van der Waals surface area contributed by atoms with E-state index in [-0.39, 0.29) is 23.6 Å². The smallest absolute Gasteiger partial charge is 0.293 e. The first-order valence-corrected chi connectivity index (χ1v) is 11.2. The van der Waals surface area contributed by atoms with Gasteiger partial charge in [0.2, 0.25) is 5.91 Å². The van der Waals surface area contributed by atoms with Gasteiger partial charge in [-0.15, -0.1) is 0 Å². The first-order chi connectivity index (χ1) is 14.4. The van der Waals surface area contributed by atoms with E-state index in [1.165, 1.54) is 0 Å². The molecule has 0 radical (unpaired) electrons. The summed E-state index contributed by atoms with van der Waals surface area (Å²) in [4.78, 5) is 31.5. The second kappa shape index (κ2) is 6.05. The Morgan fingerprint density at radius 2 is 1.83 bits per heavy atom. The second-order valence-corrected chi connectivity index (χ2v) is 10.6. The molecular weight excluding hydrogens is 376 g/mol. The number of carbonyl (C=O) groups is 2. The average molecular weight is 405 g/mol. The van der Waals surface area contributed by atoms with Gasteiger partial charge in [-0.3, -0.25) is 14.6 Å². The number of benzene rings is 1. The van der Waals surface area contributed by atoms with Crippen molar-refractivity contribution in [2.45, 2.75) is 63.6 Å². The van der Waals surface area contributed by atoms with E-state index < -0.39 is 5.41 Å². The van der Waals surface area contributed by atoms with Crippen LogP contribution in [0.3, 0.4) is 0 Å². The Kier molecular flexibility index (Phi) is 3.70. The van der Waals surface area contributed by atoms with Crippen molar-refractivity contribution in [1.29, 1.82) is 0 Å². The van der Waals surface area contributed by atoms with Crippen LogP contribution in [-0.4, -0.2) is 33.9 Å². The number of likely N-dealkylation sites (tertiary alicyclic amines) is 1. The van der Waals surface area contributed by atoms with Gasteiger partial charge in [-0.25, -0.2) is 0 Å². The molecule has 1 amide bonds. The zero-order valence-electron chi connectivity index (χ0n) is 17.6. The highest BCUT2D eigenvalue weighted by molar-refractivity contribution is 5.93. The monoisotopic (exact) mass is 404 g/mol. The summed E-state index contributed by atoms with van der Waals surface area (Å²) >= 11 is 0. The van der Waals surface area contributed by atoms with Crippen molar-refractivity contribution in [3.63, 3.8) is 0 Å². The Balaban J connectivity index is 1.41. The number of carbonyl (C=O) groups excluding carboxylic acids is 2. The highest BCUT2D eigenvalue weighted by Crippen LogP contribution is 2.62. The number of fused-ring (bicyclic) bond motifs is 1. The molecule has 5 nitrogen and oxygen atoms in total. The quantitative estimate of drug-likeness (QED) is 0.564. The lowest BCUT2D eigenvalue weighted by molar-refractivity contribution is -0.214. The lowest BCUT2D eigenvalue weighted by Gasteiger charge is -2.66. The summed E-state index contributed by atoms with van der Waals surface area (Å²) in [6, 6.07) is 10.7. The number of aromatic nitrogens is 1. The van der Waals surface area contributed by atoms with Gasteiger partial charge in [0.25, 0.3) is 6.47 Å². The van der Waals surface area contributed by atoms with Crippen LogP contribution < -0.4 is 0 Å². The summed E-state index contributed by atoms with van der Waals surface area (Å²) in [7, 11) is 0. The predicted octanol–water partition coefficient (Wildman–Crippen LogP) is 4.26. The zero-order chi connectivity index (χ0) is 20.7. The van der Waals surface area contributed by atoms with Crippen molar-refractivity contribution in [2.24, 2.45) is 23.2 Å². The van der Waals surface area contributed by atoms with E-state index in [4.69, 9.17) is 4.74 Å². The summed E-state index contributed by atoms with van der Waals surface area (Å²) in [5.74, 6) is 1.72. The second-order valence-electron chi connectivity index (χ2n) is 10.6. The molecule has 0 N–H and O–H groups in total. The minimum Gasteiger partial charge on any atom is -0.461 e. The van der Waals surface area contributed by atoms with Crippen LogP contribution in [0.25, 0.3) is 10.9 Å². The molecule has 1 aromatic heterocycles. The highest BCUT2D eigenvalue weighted by Gasteiger charge is 2.65. The molecule has 7 rings (SSSR count). The van der Waals surface area contributed by atoms with Gasteiger partial charge in [-0.05, 0) is 69.8 Å². The van der Waals surface area contributed by atoms with Crippen molar-refractivity contribution in [2.75, 3.05) is 0 Å². The number of β-lactam (4-membered cyclic amide) rings is 1. The van der Waals surface area contributed by atoms with Crippen molar-refractivity contribution < 1.29 is 14.3 Å². The molecule has 4 saturated carbocycles. The Bertz CT molecular complexity index is 1030. The van der Waals surface area contributed by atoms with Gasteiger partial charge in [-0.2, -0.15) is 0 Å². The van der Waals surface area contributed by atoms with Gasteiger partial charge in [0, 0.05) is 23.2 Å². The van der Waals surface area contributed by atoms with E-state index in [1.54, 1.807) is 0 Å². The van der Waals surface area contributed by atoms with Gasteiger partial charge in [0.05, 0.1) is 17.0 Å². The summed E-state index contributed by atoms with van der Waals surface area (Å²) in [5, 5.41) is 1.12. The van der Waals surface area contributed by atoms with Crippen LogP contribution in [0.5, 0.6) is 0 Å². The first kappa shape index (κ1) is 18.3. The van der Waals surface area contributed by atoms with E-state index >= 15 is 0 Å². The third-order valence-electron chi connectivity index (χ3n) is 8.49. The summed E-state index contributed by atoms with van der Waals surface area (Å²) in [6.45, 7) is 4.79. The zero-order valence-corrected chi connectivity index (χ0v) is 17.6. The van der Waals surface area contributed by atoms with Crippen LogP contribution >= 0.6 is 0 Å². The third kappa shape index (κ3) is 2.32. The van der Waals surface area contributed by atoms with Crippen LogP contribution in [-0.2, 0) is 14.3 Å². The standard InChI is InChI=1S/C25H28N2O3/c1-24(2)22(19-7-3-5-16-6-4-8-26-20(16)19)27(23(24)29)21-17-9-15-10-18(21)13-25(11-15,12-17)30-14-28/h3-8,14-15,17-18,21-22H,9-13H2,1-2H3. The molecule has 2 aromatic rings. The molecule has 2 heterocycles. The summed E-state index contributed by atoms with van der Waals surface area (Å²) < 4.78 is 5.66. The van der Waals surface area contributed by atoms with Crippen LogP contribution in [0, 0.1) is 23.2 Å². The Labute approximate surface area is 176 Å². The molecule has 5 fully saturated rings. The molecule has 5 aliphatic rings. The van der Waals surface area contributed by atoms with Crippen LogP contribution in [0.2, 0.25) is 0 Å². The predicted molar refractivity (Wildman–Crippen MR) is 112 cm³/mol. The number of para-hydroxylation sites is 1. The summed E-state index contributed by atoms with van der Waals surface area (Å²) in [5.41, 5.74) is 1.44. The molecular formula is C25H28N2O3. The van der Waals surface area contributed by atoms with Crippen molar-refractivity contribution in [1.82, 2.24) is 9.88 Å². The van der Waals surface area contributed by atoms with E-state index in [0.717, 1.165) is 48.6 Å². The van der Waals surface area contributed by atoms with Crippen LogP contribution in [0.15, 0.2) is 36.5 Å². The van der Waals surface area contributed by atoms with E-state index in [0.29, 0.717) is 24.2 Å². The number of amides is 1. The molecule has 30 heavy (non-hydrogen) atoms. The fourth-order valence-corrected chi connectivity index (χ4v) is 7.67. The lowest BCUT2D eigenvalue weighted by Crippen LogP contribution is -2.71. The van der Waals surface area contributed by atoms with Crippen molar-refractivity contribution in [3.05, 3.63) is 42.1 Å². The van der Waals surface area contributed by atoms with E-state index in [1.807, 2.05) is 12.3 Å². The topological polar surface area (TPSA) is 59.5 Å². The highest BCUT2D eigenvalue weighted by atomic mass is 16.5. The third-order valence-corrected chi connectivity index (χ3v) is 8.49. The van der Waals surface area contributed by atoms with Crippen LogP contribution in [0.4, 0.5) is 0 Å². The lowest BCUT2D eigenvalue weighted by atomic mass is 9.50. The molecule has 1 aliphatic heterocycles.